The third-order valence-corrected chi connectivity index (χ3v) is 5.38. The minimum absolute atomic E-state index is 0.0303. The van der Waals surface area contributed by atoms with Gasteiger partial charge in [-0.25, -0.2) is 9.97 Å². The Morgan fingerprint density at radius 2 is 1.79 bits per heavy atom. The summed E-state index contributed by atoms with van der Waals surface area (Å²) in [6.45, 7) is 1.99. The minimum atomic E-state index is -0.487. The number of nitrogens with one attached hydrogen (secondary N) is 1. The van der Waals surface area contributed by atoms with Gasteiger partial charge in [0.05, 0.1) is 25.3 Å². The molecule has 1 amide bonds. The van der Waals surface area contributed by atoms with Crippen molar-refractivity contribution < 1.29 is 14.3 Å². The van der Waals surface area contributed by atoms with E-state index in [2.05, 4.69) is 15.3 Å². The summed E-state index contributed by atoms with van der Waals surface area (Å²) in [5.41, 5.74) is 3.20. The maximum Gasteiger partial charge on any atom is 0.236 e. The molecule has 1 saturated carbocycles. The molecule has 0 aliphatic heterocycles. The first kappa shape index (κ1) is 18.9. The molecule has 0 saturated heterocycles. The zero-order chi connectivity index (χ0) is 20.4. The molecule has 4 rings (SSSR count). The van der Waals surface area contributed by atoms with Gasteiger partial charge in [0.2, 0.25) is 11.8 Å². The summed E-state index contributed by atoms with van der Waals surface area (Å²) in [6, 6.07) is 15.2. The predicted molar refractivity (Wildman–Crippen MR) is 111 cm³/mol. The van der Waals surface area contributed by atoms with Gasteiger partial charge in [0.15, 0.2) is 0 Å². The first-order valence-electron chi connectivity index (χ1n) is 9.50. The lowest BCUT2D eigenvalue weighted by atomic mass is 9.95. The van der Waals surface area contributed by atoms with Crippen molar-refractivity contribution in [2.45, 2.75) is 25.2 Å². The quantitative estimate of drug-likeness (QED) is 0.686. The van der Waals surface area contributed by atoms with Crippen molar-refractivity contribution in [1.82, 2.24) is 9.97 Å². The van der Waals surface area contributed by atoms with Crippen molar-refractivity contribution in [1.29, 1.82) is 0 Å². The Hall–Kier alpha value is -3.41. The van der Waals surface area contributed by atoms with E-state index in [-0.39, 0.29) is 5.91 Å². The number of hydrogen-bond donors (Lipinski definition) is 1. The van der Waals surface area contributed by atoms with Crippen LogP contribution in [0.5, 0.6) is 11.6 Å². The number of carbonyl (C=O) groups is 1. The van der Waals surface area contributed by atoms with Crippen molar-refractivity contribution in [2.75, 3.05) is 19.5 Å². The van der Waals surface area contributed by atoms with Crippen LogP contribution >= 0.6 is 0 Å². The van der Waals surface area contributed by atoms with Crippen LogP contribution in [0.3, 0.4) is 0 Å². The molecule has 2 aromatic heterocycles. The fourth-order valence-electron chi connectivity index (χ4n) is 3.48. The summed E-state index contributed by atoms with van der Waals surface area (Å²) in [4.78, 5) is 21.9. The first-order valence-corrected chi connectivity index (χ1v) is 9.50. The van der Waals surface area contributed by atoms with Crippen LogP contribution in [-0.4, -0.2) is 30.1 Å². The van der Waals surface area contributed by atoms with Gasteiger partial charge in [-0.15, -0.1) is 0 Å². The fourth-order valence-corrected chi connectivity index (χ4v) is 3.48. The largest absolute Gasteiger partial charge is 0.497 e. The monoisotopic (exact) mass is 389 g/mol. The molecule has 6 heteroatoms. The van der Waals surface area contributed by atoms with Gasteiger partial charge in [0.25, 0.3) is 0 Å². The highest BCUT2D eigenvalue weighted by atomic mass is 16.5. The van der Waals surface area contributed by atoms with Gasteiger partial charge in [0.1, 0.15) is 11.6 Å². The Morgan fingerprint density at radius 1 is 1.03 bits per heavy atom. The zero-order valence-corrected chi connectivity index (χ0v) is 16.7. The van der Waals surface area contributed by atoms with Gasteiger partial charge in [-0.3, -0.25) is 4.79 Å². The number of carbonyl (C=O) groups excluding carboxylic acids is 1. The molecule has 0 bridgehead atoms. The van der Waals surface area contributed by atoms with Crippen LogP contribution in [0.4, 0.5) is 5.82 Å². The molecule has 3 aromatic rings. The van der Waals surface area contributed by atoms with Gasteiger partial charge < -0.3 is 14.8 Å². The van der Waals surface area contributed by atoms with Gasteiger partial charge in [-0.1, -0.05) is 18.2 Å². The topological polar surface area (TPSA) is 73.3 Å². The van der Waals surface area contributed by atoms with E-state index in [0.717, 1.165) is 41.0 Å². The van der Waals surface area contributed by atoms with Crippen LogP contribution in [0.2, 0.25) is 0 Å². The van der Waals surface area contributed by atoms with Gasteiger partial charge in [-0.2, -0.15) is 0 Å². The number of amides is 1. The number of methoxy groups -OCH3 is 2. The van der Waals surface area contributed by atoms with Crippen molar-refractivity contribution in [2.24, 2.45) is 0 Å². The van der Waals surface area contributed by atoms with Crippen molar-refractivity contribution in [3.05, 3.63) is 65.9 Å². The number of hydrogen-bond acceptors (Lipinski definition) is 5. The van der Waals surface area contributed by atoms with Crippen molar-refractivity contribution in [3.63, 3.8) is 0 Å². The Kier molecular flexibility index (Phi) is 4.92. The van der Waals surface area contributed by atoms with Gasteiger partial charge >= 0.3 is 0 Å². The highest BCUT2D eigenvalue weighted by molar-refractivity contribution is 6.01. The lowest BCUT2D eigenvalue weighted by Crippen LogP contribution is -2.28. The van der Waals surface area contributed by atoms with Crippen molar-refractivity contribution >= 4 is 11.7 Å². The molecule has 1 aliphatic carbocycles. The highest BCUT2D eigenvalue weighted by Gasteiger charge is 2.51. The van der Waals surface area contributed by atoms with Crippen molar-refractivity contribution in [3.8, 4) is 22.9 Å². The van der Waals surface area contributed by atoms with E-state index in [4.69, 9.17) is 9.47 Å². The lowest BCUT2D eigenvalue weighted by molar-refractivity contribution is -0.118. The van der Waals surface area contributed by atoms with E-state index in [9.17, 15) is 4.79 Å². The predicted octanol–water partition coefficient (Wildman–Crippen LogP) is 4.14. The molecule has 1 aromatic carbocycles. The number of pyridine rings is 2. The molecule has 148 valence electrons. The smallest absolute Gasteiger partial charge is 0.236 e. The Labute approximate surface area is 169 Å². The molecular formula is C23H23N3O3. The normalized spacial score (nSPS) is 14.2. The average molecular weight is 389 g/mol. The summed E-state index contributed by atoms with van der Waals surface area (Å²) in [7, 11) is 3.21. The molecule has 0 atom stereocenters. The molecular weight excluding hydrogens is 366 g/mol. The molecule has 2 heterocycles. The molecule has 0 unspecified atom stereocenters. The molecule has 0 radical (unpaired) electrons. The van der Waals surface area contributed by atoms with Crippen LogP contribution in [0.15, 0.2) is 54.7 Å². The van der Waals surface area contributed by atoms with Crippen LogP contribution < -0.4 is 14.8 Å². The van der Waals surface area contributed by atoms with E-state index in [1.807, 2.05) is 55.5 Å². The maximum absolute atomic E-state index is 13.1. The summed E-state index contributed by atoms with van der Waals surface area (Å²) >= 11 is 0. The maximum atomic E-state index is 13.1. The van der Waals surface area contributed by atoms with Gasteiger partial charge in [0, 0.05) is 17.8 Å². The van der Waals surface area contributed by atoms with Crippen LogP contribution in [0.1, 0.15) is 24.0 Å². The number of anilines is 1. The summed E-state index contributed by atoms with van der Waals surface area (Å²) in [5, 5.41) is 3.01. The lowest BCUT2D eigenvalue weighted by Gasteiger charge is -2.17. The Balaban J connectivity index is 1.58. The Bertz CT molecular complexity index is 1040. The molecule has 29 heavy (non-hydrogen) atoms. The number of ether oxygens (including phenoxy) is 2. The number of rotatable bonds is 6. The van der Waals surface area contributed by atoms with E-state index in [1.165, 1.54) is 0 Å². The summed E-state index contributed by atoms with van der Waals surface area (Å²) < 4.78 is 10.4. The second kappa shape index (κ2) is 7.54. The molecule has 1 N–H and O–H groups in total. The van der Waals surface area contributed by atoms with E-state index in [1.54, 1.807) is 20.4 Å². The summed E-state index contributed by atoms with van der Waals surface area (Å²) in [5.74, 6) is 1.81. The third kappa shape index (κ3) is 3.66. The number of aromatic nitrogens is 2. The van der Waals surface area contributed by atoms with Gasteiger partial charge in [-0.05, 0) is 55.2 Å². The Morgan fingerprint density at radius 3 is 2.45 bits per heavy atom. The average Bonchev–Trinajstić information content (AvgIpc) is 3.57. The minimum Gasteiger partial charge on any atom is -0.497 e. The number of benzene rings is 1. The SMILES string of the molecule is COc1ccc(C2(C(=O)Nc3ccc(C)c(-c4ccnc(OC)c4)n3)CC2)cc1. The van der Waals surface area contributed by atoms with E-state index in [0.29, 0.717) is 11.7 Å². The summed E-state index contributed by atoms with van der Waals surface area (Å²) in [6.07, 6.45) is 3.33. The van der Waals surface area contributed by atoms with Crippen LogP contribution in [-0.2, 0) is 10.2 Å². The molecule has 6 nitrogen and oxygen atoms in total. The van der Waals surface area contributed by atoms with Crippen LogP contribution in [0.25, 0.3) is 11.3 Å². The van der Waals surface area contributed by atoms with E-state index < -0.39 is 5.41 Å². The second-order valence-corrected chi connectivity index (χ2v) is 7.21. The fraction of sp³-hybridized carbons (Fsp3) is 0.261. The van der Waals surface area contributed by atoms with Crippen LogP contribution in [0, 0.1) is 6.92 Å². The molecule has 0 spiro atoms. The second-order valence-electron chi connectivity index (χ2n) is 7.21. The molecule has 1 aliphatic rings. The molecule has 1 fully saturated rings. The number of aryl methyl sites for hydroxylation is 1. The van der Waals surface area contributed by atoms with E-state index >= 15 is 0 Å². The third-order valence-electron chi connectivity index (χ3n) is 5.38. The first-order chi connectivity index (χ1) is 14.1. The number of nitrogens with zero attached hydrogens (tertiary/aromatic N) is 2. The zero-order valence-electron chi connectivity index (χ0n) is 16.7. The standard InChI is InChI=1S/C23H23N3O3/c1-15-4-9-19(25-21(15)16-10-13-24-20(14-16)29-3)26-22(27)23(11-12-23)17-5-7-18(28-2)8-6-17/h4-10,13-14H,11-12H2,1-3H3,(H,25,26,27). The highest BCUT2D eigenvalue weighted by Crippen LogP contribution is 2.49.